The molecule has 0 saturated heterocycles. The van der Waals surface area contributed by atoms with Crippen LogP contribution in [-0.4, -0.2) is 18.6 Å². The Labute approximate surface area is 169 Å². The number of carbonyl (C=O) groups is 1. The van der Waals surface area contributed by atoms with Crippen LogP contribution in [0.4, 0.5) is 0 Å². The first-order valence-electron chi connectivity index (χ1n) is 10.2. The van der Waals surface area contributed by atoms with E-state index >= 15 is 0 Å². The van der Waals surface area contributed by atoms with E-state index in [1.807, 2.05) is 50.2 Å². The van der Waals surface area contributed by atoms with Crippen LogP contribution in [0.2, 0.25) is 0 Å². The van der Waals surface area contributed by atoms with Gasteiger partial charge in [-0.15, -0.1) is 0 Å². The zero-order valence-electron chi connectivity index (χ0n) is 17.5. The quantitative estimate of drug-likeness (QED) is 0.497. The van der Waals surface area contributed by atoms with Gasteiger partial charge in [0.15, 0.2) is 0 Å². The second-order valence-electron chi connectivity index (χ2n) is 7.14. The number of hydrogen-bond acceptors (Lipinski definition) is 2. The highest BCUT2D eigenvalue weighted by Gasteiger charge is 2.06. The van der Waals surface area contributed by atoms with Gasteiger partial charge in [-0.25, -0.2) is 0 Å². The van der Waals surface area contributed by atoms with E-state index in [-0.39, 0.29) is 12.0 Å². The Morgan fingerprint density at radius 2 is 1.79 bits per heavy atom. The third-order valence-electron chi connectivity index (χ3n) is 4.35. The highest BCUT2D eigenvalue weighted by atomic mass is 16.5. The molecule has 148 valence electrons. The Bertz CT molecular complexity index is 843. The lowest BCUT2D eigenvalue weighted by Gasteiger charge is -2.13. The minimum Gasteiger partial charge on any atom is -0.491 e. The molecule has 0 saturated carbocycles. The van der Waals surface area contributed by atoms with Crippen LogP contribution in [0.25, 0.3) is 0 Å². The molecule has 28 heavy (non-hydrogen) atoms. The van der Waals surface area contributed by atoms with Crippen molar-refractivity contribution in [1.82, 2.24) is 5.32 Å². The lowest BCUT2D eigenvalue weighted by atomic mass is 10.1. The molecule has 3 nitrogen and oxygen atoms in total. The van der Waals surface area contributed by atoms with Crippen molar-refractivity contribution in [2.24, 2.45) is 0 Å². The Morgan fingerprint density at radius 1 is 1.04 bits per heavy atom. The molecule has 1 N–H and O–H groups in total. The Balaban J connectivity index is 2.10. The number of amides is 1. The van der Waals surface area contributed by atoms with E-state index in [1.54, 1.807) is 0 Å². The van der Waals surface area contributed by atoms with E-state index < -0.39 is 0 Å². The molecule has 2 aromatic carbocycles. The zero-order chi connectivity index (χ0) is 20.4. The maximum atomic E-state index is 12.3. The van der Waals surface area contributed by atoms with E-state index in [4.69, 9.17) is 4.74 Å². The lowest BCUT2D eigenvalue weighted by molar-refractivity contribution is 0.0953. The first-order valence-corrected chi connectivity index (χ1v) is 10.2. The van der Waals surface area contributed by atoms with Gasteiger partial charge in [0.25, 0.3) is 5.91 Å². The van der Waals surface area contributed by atoms with Gasteiger partial charge in [-0.05, 0) is 68.7 Å². The number of carbonyl (C=O) groups excluding carboxylic acids is 1. The summed E-state index contributed by atoms with van der Waals surface area (Å²) in [5.41, 5.74) is 3.59. The summed E-state index contributed by atoms with van der Waals surface area (Å²) >= 11 is 0. The third kappa shape index (κ3) is 6.78. The second-order valence-corrected chi connectivity index (χ2v) is 7.14. The molecular weight excluding hydrogens is 346 g/mol. The van der Waals surface area contributed by atoms with Gasteiger partial charge < -0.3 is 10.1 Å². The van der Waals surface area contributed by atoms with Gasteiger partial charge in [0.2, 0.25) is 0 Å². The fourth-order valence-electron chi connectivity index (χ4n) is 2.86. The van der Waals surface area contributed by atoms with Crippen molar-refractivity contribution in [3.63, 3.8) is 0 Å². The molecule has 3 heteroatoms. The van der Waals surface area contributed by atoms with Crippen LogP contribution in [0.5, 0.6) is 5.75 Å². The average molecular weight is 378 g/mol. The summed E-state index contributed by atoms with van der Waals surface area (Å²) in [7, 11) is 0. The van der Waals surface area contributed by atoms with Gasteiger partial charge in [0.05, 0.1) is 6.10 Å². The molecule has 0 radical (unpaired) electrons. The van der Waals surface area contributed by atoms with E-state index in [9.17, 15) is 4.79 Å². The molecule has 0 aromatic heterocycles. The van der Waals surface area contributed by atoms with E-state index in [2.05, 4.69) is 37.1 Å². The number of benzene rings is 2. The van der Waals surface area contributed by atoms with Crippen LogP contribution in [0.15, 0.2) is 42.5 Å². The predicted molar refractivity (Wildman–Crippen MR) is 116 cm³/mol. The van der Waals surface area contributed by atoms with Crippen LogP contribution in [0.1, 0.15) is 74.0 Å². The second kappa shape index (κ2) is 11.2. The molecule has 0 heterocycles. The summed E-state index contributed by atoms with van der Waals surface area (Å²) in [4.78, 5) is 12.3. The standard InChI is InChI=1S/C25H31NO2/c1-5-7-8-16-26-25(27)23-11-9-10-20(18-23)12-13-21-14-15-24(28-19(3)4)22(6-2)17-21/h9-11,14-15,17-19H,5-8,16H2,1-4H3,(H,26,27). The molecule has 0 atom stereocenters. The van der Waals surface area contributed by atoms with Gasteiger partial charge in [0, 0.05) is 23.2 Å². The molecule has 1 amide bonds. The molecule has 2 rings (SSSR count). The molecule has 0 fully saturated rings. The van der Waals surface area contributed by atoms with Gasteiger partial charge >= 0.3 is 0 Å². The number of nitrogens with one attached hydrogen (secondary N) is 1. The normalized spacial score (nSPS) is 10.3. The molecule has 0 bridgehead atoms. The molecule has 0 aliphatic heterocycles. The summed E-state index contributed by atoms with van der Waals surface area (Å²) in [6, 6.07) is 13.5. The minimum atomic E-state index is -0.0387. The summed E-state index contributed by atoms with van der Waals surface area (Å²) in [5, 5.41) is 2.97. The number of ether oxygens (including phenoxy) is 1. The number of hydrogen-bond donors (Lipinski definition) is 1. The molecule has 0 spiro atoms. The number of rotatable bonds is 8. The predicted octanol–water partition coefficient (Wildman–Crippen LogP) is 5.36. The average Bonchev–Trinajstić information content (AvgIpc) is 2.70. The molecule has 0 aliphatic carbocycles. The molecule has 0 aliphatic rings. The smallest absolute Gasteiger partial charge is 0.251 e. The van der Waals surface area contributed by atoms with Crippen LogP contribution in [0.3, 0.4) is 0 Å². The van der Waals surface area contributed by atoms with Crippen LogP contribution in [-0.2, 0) is 6.42 Å². The van der Waals surface area contributed by atoms with E-state index in [1.165, 1.54) is 0 Å². The van der Waals surface area contributed by atoms with E-state index in [0.717, 1.165) is 48.1 Å². The Morgan fingerprint density at radius 3 is 2.46 bits per heavy atom. The van der Waals surface area contributed by atoms with Crippen molar-refractivity contribution < 1.29 is 9.53 Å². The van der Waals surface area contributed by atoms with Crippen molar-refractivity contribution >= 4 is 5.91 Å². The fraction of sp³-hybridized carbons (Fsp3) is 0.400. The number of aryl methyl sites for hydroxylation is 1. The Kier molecular flexibility index (Phi) is 8.62. The van der Waals surface area contributed by atoms with Crippen molar-refractivity contribution in [2.75, 3.05) is 6.54 Å². The highest BCUT2D eigenvalue weighted by Crippen LogP contribution is 2.21. The third-order valence-corrected chi connectivity index (χ3v) is 4.35. The first kappa shape index (κ1) is 21.6. The van der Waals surface area contributed by atoms with Gasteiger partial charge in [-0.2, -0.15) is 0 Å². The summed E-state index contributed by atoms with van der Waals surface area (Å²) in [6.45, 7) is 9.04. The molecule has 0 unspecified atom stereocenters. The summed E-state index contributed by atoms with van der Waals surface area (Å²) < 4.78 is 5.85. The van der Waals surface area contributed by atoms with Crippen molar-refractivity contribution in [3.05, 3.63) is 64.7 Å². The van der Waals surface area contributed by atoms with Crippen LogP contribution >= 0.6 is 0 Å². The summed E-state index contributed by atoms with van der Waals surface area (Å²) in [6.07, 6.45) is 4.33. The highest BCUT2D eigenvalue weighted by molar-refractivity contribution is 5.94. The number of unbranched alkanes of at least 4 members (excludes halogenated alkanes) is 2. The SMILES string of the molecule is CCCCCNC(=O)c1cccc(C#Cc2ccc(OC(C)C)c(CC)c2)c1. The molecular formula is C25H31NO2. The monoisotopic (exact) mass is 377 g/mol. The molecule has 2 aromatic rings. The van der Waals surface area contributed by atoms with Crippen molar-refractivity contribution in [2.45, 2.75) is 59.5 Å². The topological polar surface area (TPSA) is 38.3 Å². The van der Waals surface area contributed by atoms with Gasteiger partial charge in [0.1, 0.15) is 5.75 Å². The maximum Gasteiger partial charge on any atom is 0.251 e. The largest absolute Gasteiger partial charge is 0.491 e. The van der Waals surface area contributed by atoms with E-state index in [0.29, 0.717) is 12.1 Å². The lowest BCUT2D eigenvalue weighted by Crippen LogP contribution is -2.24. The minimum absolute atomic E-state index is 0.0387. The first-order chi connectivity index (χ1) is 13.5. The van der Waals surface area contributed by atoms with Crippen LogP contribution < -0.4 is 10.1 Å². The van der Waals surface area contributed by atoms with Crippen molar-refractivity contribution in [3.8, 4) is 17.6 Å². The zero-order valence-corrected chi connectivity index (χ0v) is 17.5. The Hall–Kier alpha value is -2.73. The van der Waals surface area contributed by atoms with Crippen molar-refractivity contribution in [1.29, 1.82) is 0 Å². The maximum absolute atomic E-state index is 12.3. The summed E-state index contributed by atoms with van der Waals surface area (Å²) in [5.74, 6) is 7.26. The van der Waals surface area contributed by atoms with Crippen LogP contribution in [0, 0.1) is 11.8 Å². The van der Waals surface area contributed by atoms with Gasteiger partial charge in [-0.3, -0.25) is 4.79 Å². The van der Waals surface area contributed by atoms with Gasteiger partial charge in [-0.1, -0.05) is 44.6 Å². The fourth-order valence-corrected chi connectivity index (χ4v) is 2.86.